The lowest BCUT2D eigenvalue weighted by Gasteiger charge is -2.24. The van der Waals surface area contributed by atoms with Gasteiger partial charge < -0.3 is 20.7 Å². The van der Waals surface area contributed by atoms with Gasteiger partial charge in [0.1, 0.15) is 11.8 Å². The second kappa shape index (κ2) is 11.8. The Kier molecular flexibility index (Phi) is 8.26. The predicted molar refractivity (Wildman–Crippen MR) is 170 cm³/mol. The number of amides is 1. The summed E-state index contributed by atoms with van der Waals surface area (Å²) >= 11 is 0. The Bertz CT molecular complexity index is 1800. The molecule has 4 N–H and O–H groups in total. The Hall–Kier alpha value is -4.29. The number of nitrogens with one attached hydrogen (secondary N) is 4. The number of hydrogen-bond acceptors (Lipinski definition) is 9. The molecular weight excluding hydrogens is 566 g/mol. The predicted octanol–water partition coefficient (Wildman–Crippen LogP) is 5.08. The zero-order valence-corrected chi connectivity index (χ0v) is 26.0. The van der Waals surface area contributed by atoms with Crippen molar-refractivity contribution in [2.75, 3.05) is 41.8 Å². The number of sulfonamides is 1. The van der Waals surface area contributed by atoms with Crippen molar-refractivity contribution in [3.8, 4) is 5.75 Å². The third-order valence-corrected chi connectivity index (χ3v) is 8.03. The quantitative estimate of drug-likeness (QED) is 0.216. The molecule has 2 aromatic heterocycles. The van der Waals surface area contributed by atoms with Crippen LogP contribution in [0.15, 0.2) is 48.8 Å². The van der Waals surface area contributed by atoms with Gasteiger partial charge in [-0.1, -0.05) is 26.8 Å². The summed E-state index contributed by atoms with van der Waals surface area (Å²) in [5, 5.41) is 9.68. The Morgan fingerprint density at radius 1 is 1.05 bits per heavy atom. The fourth-order valence-electron chi connectivity index (χ4n) is 5.05. The molecule has 4 aromatic rings. The van der Waals surface area contributed by atoms with E-state index in [1.54, 1.807) is 24.3 Å². The van der Waals surface area contributed by atoms with Gasteiger partial charge in [-0.25, -0.2) is 23.4 Å². The fraction of sp³-hybridized carbons (Fsp3) is 0.355. The number of fused-ring (bicyclic) bond motifs is 1. The van der Waals surface area contributed by atoms with Crippen molar-refractivity contribution in [1.29, 1.82) is 0 Å². The molecule has 0 aliphatic carbocycles. The summed E-state index contributed by atoms with van der Waals surface area (Å²) in [6.07, 6.45) is 3.59. The van der Waals surface area contributed by atoms with Gasteiger partial charge in [-0.2, -0.15) is 0 Å². The highest BCUT2D eigenvalue weighted by atomic mass is 32.2. The van der Waals surface area contributed by atoms with E-state index in [4.69, 9.17) is 9.72 Å². The van der Waals surface area contributed by atoms with Gasteiger partial charge in [0.15, 0.2) is 11.6 Å². The Morgan fingerprint density at radius 3 is 2.49 bits per heavy atom. The second-order valence-corrected chi connectivity index (χ2v) is 13.6. The van der Waals surface area contributed by atoms with Gasteiger partial charge in [0.2, 0.25) is 10.0 Å². The monoisotopic (exact) mass is 603 g/mol. The van der Waals surface area contributed by atoms with Crippen LogP contribution in [0.25, 0.3) is 11.0 Å². The minimum absolute atomic E-state index is 0.212. The van der Waals surface area contributed by atoms with Crippen LogP contribution in [-0.2, 0) is 15.4 Å². The van der Waals surface area contributed by atoms with Crippen molar-refractivity contribution in [3.05, 3.63) is 71.2 Å². The molecule has 0 radical (unpaired) electrons. The molecule has 0 spiro atoms. The van der Waals surface area contributed by atoms with Gasteiger partial charge in [-0.3, -0.25) is 9.52 Å². The number of pyridine rings is 1. The number of benzene rings is 2. The number of anilines is 4. The van der Waals surface area contributed by atoms with Crippen LogP contribution in [0.4, 0.5) is 22.9 Å². The molecule has 1 amide bonds. The van der Waals surface area contributed by atoms with Crippen molar-refractivity contribution in [2.45, 2.75) is 45.4 Å². The maximum atomic E-state index is 13.6. The number of hydrogen-bond donors (Lipinski definition) is 4. The fourth-order valence-corrected chi connectivity index (χ4v) is 5.60. The summed E-state index contributed by atoms with van der Waals surface area (Å²) in [5.41, 5.74) is 5.45. The molecule has 226 valence electrons. The molecule has 0 saturated carbocycles. The van der Waals surface area contributed by atoms with Crippen LogP contribution < -0.4 is 25.4 Å². The molecule has 1 unspecified atom stereocenters. The summed E-state index contributed by atoms with van der Waals surface area (Å²) in [6.45, 7) is 9.80. The van der Waals surface area contributed by atoms with Crippen LogP contribution in [0.5, 0.6) is 5.75 Å². The summed E-state index contributed by atoms with van der Waals surface area (Å²) in [6, 6.07) is 12.8. The Labute approximate surface area is 251 Å². The van der Waals surface area contributed by atoms with Gasteiger partial charge in [0.05, 0.1) is 30.3 Å². The zero-order valence-electron chi connectivity index (χ0n) is 25.2. The molecule has 1 fully saturated rings. The molecule has 1 aliphatic heterocycles. The lowest BCUT2D eigenvalue weighted by Crippen LogP contribution is -2.18. The standard InChI is InChI=1S/C31H37N7O4S/c1-18-7-8-19(30(39)37-25-14-21(31(2,3)4)15-26(28(25)42-5)38-43(6,40)41)13-24(18)36-29-27-23(33-17-34-29)10-9-22(35-27)20-11-12-32-16-20/h7-10,13-15,17,20,32,38H,11-12,16H2,1-6H3,(H,37,39)(H,33,34,36). The highest BCUT2D eigenvalue weighted by Crippen LogP contribution is 2.39. The molecular formula is C31H37N7O4S. The first-order chi connectivity index (χ1) is 20.3. The van der Waals surface area contributed by atoms with Crippen LogP contribution in [0.2, 0.25) is 0 Å². The first kappa shape index (κ1) is 30.2. The third-order valence-electron chi connectivity index (χ3n) is 7.44. The minimum Gasteiger partial charge on any atom is -0.492 e. The third kappa shape index (κ3) is 6.86. The summed E-state index contributed by atoms with van der Waals surface area (Å²) in [7, 11) is -2.17. The van der Waals surface area contributed by atoms with E-state index in [1.807, 2.05) is 45.9 Å². The normalized spacial score (nSPS) is 15.3. The van der Waals surface area contributed by atoms with Crippen LogP contribution in [-0.4, -0.2) is 55.7 Å². The van der Waals surface area contributed by atoms with Crippen LogP contribution >= 0.6 is 0 Å². The van der Waals surface area contributed by atoms with Gasteiger partial charge in [-0.15, -0.1) is 0 Å². The van der Waals surface area contributed by atoms with Crippen molar-refractivity contribution in [2.24, 2.45) is 0 Å². The molecule has 1 aliphatic rings. The number of rotatable bonds is 8. The van der Waals surface area contributed by atoms with Crippen LogP contribution in [0.1, 0.15) is 60.3 Å². The molecule has 12 heteroatoms. The number of ether oxygens (including phenoxy) is 1. The van der Waals surface area contributed by atoms with E-state index in [1.165, 1.54) is 13.4 Å². The van der Waals surface area contributed by atoms with Crippen molar-refractivity contribution in [3.63, 3.8) is 0 Å². The molecule has 2 aromatic carbocycles. The van der Waals surface area contributed by atoms with E-state index in [-0.39, 0.29) is 22.8 Å². The molecule has 11 nitrogen and oxygen atoms in total. The number of carbonyl (C=O) groups excluding carboxylic acids is 1. The van der Waals surface area contributed by atoms with Gasteiger partial charge in [0.25, 0.3) is 5.91 Å². The minimum atomic E-state index is -3.60. The lowest BCUT2D eigenvalue weighted by molar-refractivity contribution is 0.102. The van der Waals surface area contributed by atoms with Crippen molar-refractivity contribution in [1.82, 2.24) is 20.3 Å². The van der Waals surface area contributed by atoms with E-state index in [9.17, 15) is 13.2 Å². The average molecular weight is 604 g/mol. The number of carbonyl (C=O) groups is 1. The summed E-state index contributed by atoms with van der Waals surface area (Å²) in [5.74, 6) is 0.714. The first-order valence-electron chi connectivity index (χ1n) is 14.0. The van der Waals surface area contributed by atoms with E-state index in [0.717, 1.165) is 48.1 Å². The van der Waals surface area contributed by atoms with Gasteiger partial charge >= 0.3 is 0 Å². The van der Waals surface area contributed by atoms with Crippen LogP contribution in [0, 0.1) is 6.92 Å². The lowest BCUT2D eigenvalue weighted by atomic mass is 9.86. The maximum absolute atomic E-state index is 13.6. The largest absolute Gasteiger partial charge is 0.492 e. The molecule has 0 bridgehead atoms. The topological polar surface area (TPSA) is 147 Å². The van der Waals surface area contributed by atoms with Gasteiger partial charge in [-0.05, 0) is 72.8 Å². The molecule has 43 heavy (non-hydrogen) atoms. The van der Waals surface area contributed by atoms with Crippen molar-refractivity contribution >= 4 is 49.8 Å². The van der Waals surface area contributed by atoms with Crippen molar-refractivity contribution < 1.29 is 17.9 Å². The summed E-state index contributed by atoms with van der Waals surface area (Å²) < 4.78 is 32.3. The number of aryl methyl sites for hydroxylation is 1. The highest BCUT2D eigenvalue weighted by molar-refractivity contribution is 7.92. The smallest absolute Gasteiger partial charge is 0.255 e. The highest BCUT2D eigenvalue weighted by Gasteiger charge is 2.23. The van der Waals surface area contributed by atoms with Crippen LogP contribution in [0.3, 0.4) is 0 Å². The summed E-state index contributed by atoms with van der Waals surface area (Å²) in [4.78, 5) is 27.4. The molecule has 3 heterocycles. The zero-order chi connectivity index (χ0) is 30.9. The number of aromatic nitrogens is 3. The van der Waals surface area contributed by atoms with Gasteiger partial charge in [0, 0.05) is 29.4 Å². The van der Waals surface area contributed by atoms with E-state index in [2.05, 4.69) is 30.6 Å². The second-order valence-electron chi connectivity index (χ2n) is 11.9. The molecule has 1 saturated heterocycles. The SMILES string of the molecule is COc1c(NC(=O)c2ccc(C)c(Nc3ncnc4ccc(C5CCNC5)nc34)c2)cc(C(C)(C)C)cc1NS(C)(=O)=O. The molecule has 5 rings (SSSR count). The van der Waals surface area contributed by atoms with E-state index < -0.39 is 10.0 Å². The molecule has 1 atom stereocenters. The number of methoxy groups -OCH3 is 1. The average Bonchev–Trinajstić information content (AvgIpc) is 3.48. The van der Waals surface area contributed by atoms with E-state index >= 15 is 0 Å². The Balaban J connectivity index is 1.47. The van der Waals surface area contributed by atoms with E-state index in [0.29, 0.717) is 34.2 Å². The Morgan fingerprint density at radius 2 is 1.81 bits per heavy atom. The first-order valence-corrected chi connectivity index (χ1v) is 15.9. The number of nitrogens with zero attached hydrogens (tertiary/aromatic N) is 3. The maximum Gasteiger partial charge on any atom is 0.255 e.